The summed E-state index contributed by atoms with van der Waals surface area (Å²) in [6, 6.07) is 8.19. The van der Waals surface area contributed by atoms with Gasteiger partial charge < -0.3 is 0 Å². The summed E-state index contributed by atoms with van der Waals surface area (Å²) in [5.74, 6) is 0. The van der Waals surface area contributed by atoms with Crippen molar-refractivity contribution in [2.24, 2.45) is 5.41 Å². The van der Waals surface area contributed by atoms with Gasteiger partial charge in [0.15, 0.2) is 0 Å². The van der Waals surface area contributed by atoms with Crippen molar-refractivity contribution in [1.82, 2.24) is 9.97 Å². The maximum atomic E-state index is 4.96. The van der Waals surface area contributed by atoms with Crippen LogP contribution >= 0.6 is 15.9 Å². The highest BCUT2D eigenvalue weighted by Gasteiger charge is 2.69. The van der Waals surface area contributed by atoms with Crippen LogP contribution in [0.5, 0.6) is 0 Å². The summed E-state index contributed by atoms with van der Waals surface area (Å²) in [6.07, 6.45) is 2.34. The molecule has 1 heterocycles. The van der Waals surface area contributed by atoms with Crippen molar-refractivity contribution in [3.05, 3.63) is 35.7 Å². The molecule has 98 valence electrons. The number of alkyl halides is 1. The second-order valence-electron chi connectivity index (χ2n) is 6.67. The van der Waals surface area contributed by atoms with Crippen molar-refractivity contribution in [1.29, 1.82) is 0 Å². The van der Waals surface area contributed by atoms with Gasteiger partial charge >= 0.3 is 0 Å². The first kappa shape index (κ1) is 11.8. The standard InChI is InChI=1S/C16H17BrN2/c1-14(2)15(3)8-9-16(14,17)13-12(15)18-10-6-4-5-7-11(10)19-13/h4-7H,8-9H2,1-3H3/t15-,16+/m0/s1. The molecule has 2 aliphatic rings. The minimum atomic E-state index is -0.0128. The van der Waals surface area contributed by atoms with Gasteiger partial charge in [0.1, 0.15) is 0 Å². The van der Waals surface area contributed by atoms with Crippen LogP contribution in [0.4, 0.5) is 0 Å². The lowest BCUT2D eigenvalue weighted by Gasteiger charge is -2.37. The van der Waals surface area contributed by atoms with E-state index in [0.29, 0.717) is 0 Å². The van der Waals surface area contributed by atoms with E-state index in [2.05, 4.69) is 48.8 Å². The van der Waals surface area contributed by atoms with Gasteiger partial charge in [-0.2, -0.15) is 0 Å². The van der Waals surface area contributed by atoms with Crippen LogP contribution < -0.4 is 0 Å². The molecule has 2 bridgehead atoms. The Morgan fingerprint density at radius 2 is 1.53 bits per heavy atom. The van der Waals surface area contributed by atoms with E-state index in [1.165, 1.54) is 17.8 Å². The van der Waals surface area contributed by atoms with Crippen LogP contribution in [0.25, 0.3) is 11.0 Å². The zero-order valence-electron chi connectivity index (χ0n) is 11.5. The summed E-state index contributed by atoms with van der Waals surface area (Å²) < 4.78 is -0.0128. The Morgan fingerprint density at radius 3 is 2.16 bits per heavy atom. The molecule has 3 heteroatoms. The third kappa shape index (κ3) is 1.11. The first-order valence-corrected chi connectivity index (χ1v) is 7.66. The molecule has 0 amide bonds. The van der Waals surface area contributed by atoms with E-state index in [1.54, 1.807) is 0 Å². The molecular weight excluding hydrogens is 300 g/mol. The normalized spacial score (nSPS) is 34.7. The molecule has 1 fully saturated rings. The SMILES string of the molecule is CC1(C)[C@@]2(C)CC[C@@]1(Br)c1nc3ccccc3nc12. The molecule has 1 aromatic carbocycles. The van der Waals surface area contributed by atoms with E-state index in [9.17, 15) is 0 Å². The molecule has 2 aromatic rings. The van der Waals surface area contributed by atoms with E-state index in [0.717, 1.165) is 17.5 Å². The molecule has 0 saturated heterocycles. The first-order valence-electron chi connectivity index (χ1n) is 6.87. The van der Waals surface area contributed by atoms with Crippen molar-refractivity contribution < 1.29 is 0 Å². The average molecular weight is 317 g/mol. The molecule has 2 nitrogen and oxygen atoms in total. The molecule has 0 aliphatic heterocycles. The summed E-state index contributed by atoms with van der Waals surface area (Å²) in [4.78, 5) is 9.90. The average Bonchev–Trinajstić information content (AvgIpc) is 2.65. The van der Waals surface area contributed by atoms with Gasteiger partial charge in [0.2, 0.25) is 0 Å². The van der Waals surface area contributed by atoms with Crippen LogP contribution in [0, 0.1) is 5.41 Å². The third-order valence-corrected chi connectivity index (χ3v) is 7.57. The fraction of sp³-hybridized carbons (Fsp3) is 0.500. The highest BCUT2D eigenvalue weighted by molar-refractivity contribution is 9.09. The molecule has 0 N–H and O–H groups in total. The minimum absolute atomic E-state index is 0.0128. The summed E-state index contributed by atoms with van der Waals surface area (Å²) in [6.45, 7) is 7.05. The molecule has 0 unspecified atom stereocenters. The molecule has 19 heavy (non-hydrogen) atoms. The van der Waals surface area contributed by atoms with Crippen LogP contribution in [0.1, 0.15) is 45.0 Å². The van der Waals surface area contributed by atoms with Crippen LogP contribution in [0.15, 0.2) is 24.3 Å². The summed E-state index contributed by atoms with van der Waals surface area (Å²) in [7, 11) is 0. The summed E-state index contributed by atoms with van der Waals surface area (Å²) in [5, 5.41) is 0. The number of hydrogen-bond acceptors (Lipinski definition) is 2. The van der Waals surface area contributed by atoms with Crippen LogP contribution in [0.2, 0.25) is 0 Å². The van der Waals surface area contributed by atoms with Gasteiger partial charge in [0, 0.05) is 5.41 Å². The van der Waals surface area contributed by atoms with E-state index < -0.39 is 0 Å². The van der Waals surface area contributed by atoms with Crippen molar-refractivity contribution in [3.8, 4) is 0 Å². The molecule has 2 atom stereocenters. The maximum Gasteiger partial charge on any atom is 0.0891 e. The molecule has 0 spiro atoms. The number of rotatable bonds is 0. The van der Waals surface area contributed by atoms with Crippen molar-refractivity contribution in [2.75, 3.05) is 0 Å². The van der Waals surface area contributed by atoms with E-state index in [-0.39, 0.29) is 15.2 Å². The largest absolute Gasteiger partial charge is 0.249 e. The second-order valence-corrected chi connectivity index (χ2v) is 8.02. The van der Waals surface area contributed by atoms with Crippen LogP contribution in [0.3, 0.4) is 0 Å². The number of nitrogens with zero attached hydrogens (tertiary/aromatic N) is 2. The number of fused-ring (bicyclic) bond motifs is 6. The number of aromatic nitrogens is 2. The minimum Gasteiger partial charge on any atom is -0.249 e. The van der Waals surface area contributed by atoms with E-state index >= 15 is 0 Å². The van der Waals surface area contributed by atoms with Crippen LogP contribution in [-0.2, 0) is 9.74 Å². The Morgan fingerprint density at radius 1 is 0.947 bits per heavy atom. The fourth-order valence-electron chi connectivity index (χ4n) is 3.97. The topological polar surface area (TPSA) is 25.8 Å². The quantitative estimate of drug-likeness (QED) is 0.677. The Balaban J connectivity index is 2.13. The fourth-order valence-corrected chi connectivity index (χ4v) is 4.89. The number of hydrogen-bond donors (Lipinski definition) is 0. The van der Waals surface area contributed by atoms with Crippen LogP contribution in [-0.4, -0.2) is 9.97 Å². The van der Waals surface area contributed by atoms with E-state index in [4.69, 9.17) is 9.97 Å². The zero-order chi connectivity index (χ0) is 13.5. The Hall–Kier alpha value is -0.960. The lowest BCUT2D eigenvalue weighted by Crippen LogP contribution is -2.36. The Bertz CT molecular complexity index is 650. The predicted molar refractivity (Wildman–Crippen MR) is 80.5 cm³/mol. The summed E-state index contributed by atoms with van der Waals surface area (Å²) >= 11 is 4.03. The van der Waals surface area contributed by atoms with Gasteiger partial charge in [-0.05, 0) is 30.4 Å². The molecule has 4 rings (SSSR count). The summed E-state index contributed by atoms with van der Waals surface area (Å²) in [5.41, 5.74) is 4.68. The number of para-hydroxylation sites is 2. The van der Waals surface area contributed by atoms with Gasteiger partial charge in [0.05, 0.1) is 26.7 Å². The van der Waals surface area contributed by atoms with Gasteiger partial charge in [-0.1, -0.05) is 48.8 Å². The van der Waals surface area contributed by atoms with Gasteiger partial charge in [-0.3, -0.25) is 0 Å². The lowest BCUT2D eigenvalue weighted by molar-refractivity contribution is 0.215. The smallest absolute Gasteiger partial charge is 0.0891 e. The second kappa shape index (κ2) is 3.20. The van der Waals surface area contributed by atoms with Crippen molar-refractivity contribution >= 4 is 27.0 Å². The lowest BCUT2D eigenvalue weighted by atomic mass is 9.70. The highest BCUT2D eigenvalue weighted by atomic mass is 79.9. The van der Waals surface area contributed by atoms with Gasteiger partial charge in [-0.15, -0.1) is 0 Å². The maximum absolute atomic E-state index is 4.96. The third-order valence-electron chi connectivity index (χ3n) is 5.81. The zero-order valence-corrected chi connectivity index (χ0v) is 13.1. The van der Waals surface area contributed by atoms with Crippen molar-refractivity contribution in [3.63, 3.8) is 0 Å². The van der Waals surface area contributed by atoms with E-state index in [1.807, 2.05) is 12.1 Å². The van der Waals surface area contributed by atoms with Gasteiger partial charge in [-0.25, -0.2) is 9.97 Å². The van der Waals surface area contributed by atoms with Crippen molar-refractivity contribution in [2.45, 2.75) is 43.4 Å². The molecule has 2 aliphatic carbocycles. The predicted octanol–water partition coefficient (Wildman–Crippen LogP) is 4.31. The molecular formula is C16H17BrN2. The Kier molecular flexibility index (Phi) is 1.99. The number of benzene rings is 1. The highest BCUT2D eigenvalue weighted by Crippen LogP contribution is 2.72. The number of halogens is 1. The Labute approximate surface area is 121 Å². The molecule has 1 aromatic heterocycles. The van der Waals surface area contributed by atoms with Gasteiger partial charge in [0.25, 0.3) is 0 Å². The monoisotopic (exact) mass is 316 g/mol. The molecule has 1 saturated carbocycles. The molecule has 0 radical (unpaired) electrons. The first-order chi connectivity index (χ1) is 8.90.